The quantitative estimate of drug-likeness (QED) is 0.750. The Hall–Kier alpha value is -0.0710. The molecule has 86 valence electrons. The molecule has 0 amide bonds. The van der Waals surface area contributed by atoms with Crippen LogP contribution in [0.3, 0.4) is 0 Å². The fraction of sp³-hybridized carbons (Fsp3) is 0.462. The first-order valence-electron chi connectivity index (χ1n) is 5.82. The van der Waals surface area contributed by atoms with Crippen LogP contribution in [0.15, 0.2) is 30.3 Å². The molecule has 1 heterocycles. The molecule has 0 aromatic heterocycles. The summed E-state index contributed by atoms with van der Waals surface area (Å²) in [6.07, 6.45) is 4.15. The van der Waals surface area contributed by atoms with E-state index in [1.54, 1.807) is 0 Å². The van der Waals surface area contributed by atoms with E-state index in [-0.39, 0.29) is 0 Å². The third kappa shape index (κ3) is 3.75. The molecular weight excluding hydrogens is 328 g/mol. The molecule has 0 saturated carbocycles. The number of benzene rings is 1. The summed E-state index contributed by atoms with van der Waals surface area (Å²) in [6, 6.07) is 10.8. The molecule has 1 aliphatic rings. The molecule has 2 rings (SSSR count). The Balaban J connectivity index is 1.79. The van der Waals surface area contributed by atoms with Crippen LogP contribution in [0.25, 0.3) is 0 Å². The molecule has 1 aromatic carbocycles. The average molecular weight is 345 g/mol. The van der Waals surface area contributed by atoms with Crippen LogP contribution in [0.2, 0.25) is 0 Å². The van der Waals surface area contributed by atoms with Crippen molar-refractivity contribution in [1.82, 2.24) is 4.90 Å². The molecule has 3 heteroatoms. The fourth-order valence-corrected chi connectivity index (χ4v) is 4.69. The second kappa shape index (κ2) is 6.61. The van der Waals surface area contributed by atoms with E-state index < -0.39 is 0 Å². The molecule has 1 aromatic rings. The molecule has 0 aliphatic carbocycles. The second-order valence-corrected chi connectivity index (χ2v) is 8.23. The van der Waals surface area contributed by atoms with Crippen molar-refractivity contribution in [2.45, 2.75) is 24.6 Å². The number of hydrogen-bond acceptors (Lipinski definition) is 1. The zero-order valence-electron chi connectivity index (χ0n) is 9.39. The predicted molar refractivity (Wildman–Crippen MR) is 72.1 cm³/mol. The Morgan fingerprint density at radius 2 is 1.81 bits per heavy atom. The summed E-state index contributed by atoms with van der Waals surface area (Å²) in [5.41, 5.74) is 1.47. The van der Waals surface area contributed by atoms with Crippen LogP contribution in [0.1, 0.15) is 24.8 Å². The van der Waals surface area contributed by atoms with Gasteiger partial charge in [0.25, 0.3) is 0 Å². The first-order chi connectivity index (χ1) is 7.86. The summed E-state index contributed by atoms with van der Waals surface area (Å²) in [4.78, 5) is 2.55. The van der Waals surface area contributed by atoms with E-state index >= 15 is 0 Å². The molecular formula is C13H17NSe2. The van der Waals surface area contributed by atoms with E-state index in [9.17, 15) is 0 Å². The summed E-state index contributed by atoms with van der Waals surface area (Å²) >= 11 is 3.87. The van der Waals surface area contributed by atoms with E-state index in [2.05, 4.69) is 50.8 Å². The van der Waals surface area contributed by atoms with E-state index in [1.807, 2.05) is 0 Å². The van der Waals surface area contributed by atoms with Gasteiger partial charge in [-0.3, -0.25) is 0 Å². The number of nitrogens with zero attached hydrogens (tertiary/aromatic N) is 1. The Morgan fingerprint density at radius 1 is 1.12 bits per heavy atom. The summed E-state index contributed by atoms with van der Waals surface area (Å²) in [5.74, 6) is 0. The molecule has 0 bridgehead atoms. The summed E-state index contributed by atoms with van der Waals surface area (Å²) < 4.78 is 1.51. The third-order valence-electron chi connectivity index (χ3n) is 2.82. The summed E-state index contributed by atoms with van der Waals surface area (Å²) in [6.45, 7) is 2.53. The minimum absolute atomic E-state index is 0.582. The van der Waals surface area contributed by atoms with Gasteiger partial charge in [0.05, 0.1) is 0 Å². The first kappa shape index (κ1) is 12.4. The summed E-state index contributed by atoms with van der Waals surface area (Å²) in [5, 5.41) is 1.21. The monoisotopic (exact) mass is 347 g/mol. The molecule has 1 fully saturated rings. The van der Waals surface area contributed by atoms with Crippen LogP contribution >= 0.6 is 0 Å². The maximum absolute atomic E-state index is 3.29. The van der Waals surface area contributed by atoms with Gasteiger partial charge in [0.15, 0.2) is 0 Å². The van der Waals surface area contributed by atoms with Gasteiger partial charge in [-0.25, -0.2) is 0 Å². The normalized spacial score (nSPS) is 16.1. The van der Waals surface area contributed by atoms with Crippen LogP contribution in [0, 0.1) is 0 Å². The van der Waals surface area contributed by atoms with Crippen molar-refractivity contribution < 1.29 is 0 Å². The van der Waals surface area contributed by atoms with Gasteiger partial charge in [-0.05, 0) is 0 Å². The molecule has 0 unspecified atom stereocenters. The zero-order valence-corrected chi connectivity index (χ0v) is 12.8. The van der Waals surface area contributed by atoms with Gasteiger partial charge in [-0.2, -0.15) is 0 Å². The molecule has 16 heavy (non-hydrogen) atoms. The van der Waals surface area contributed by atoms with Crippen LogP contribution in [-0.4, -0.2) is 52.0 Å². The Bertz CT molecular complexity index is 331. The Morgan fingerprint density at radius 3 is 2.50 bits per heavy atom. The van der Waals surface area contributed by atoms with Gasteiger partial charge in [0.1, 0.15) is 0 Å². The van der Waals surface area contributed by atoms with Crippen molar-refractivity contribution in [3.63, 3.8) is 0 Å². The fourth-order valence-electron chi connectivity index (χ4n) is 1.89. The van der Waals surface area contributed by atoms with Crippen LogP contribution in [-0.2, 0) is 5.32 Å². The SMILES string of the molecule is [Se]=C([Se]Cc1ccccc1)N1CCCCC1. The van der Waals surface area contributed by atoms with E-state index in [4.69, 9.17) is 0 Å². The number of piperidine rings is 1. The number of rotatable bonds is 4. The topological polar surface area (TPSA) is 3.24 Å². The second-order valence-electron chi connectivity index (χ2n) is 4.09. The molecule has 0 atom stereocenters. The van der Waals surface area contributed by atoms with E-state index in [0.717, 1.165) is 0 Å². The van der Waals surface area contributed by atoms with Gasteiger partial charge in [0, 0.05) is 0 Å². The zero-order chi connectivity index (χ0) is 11.2. The van der Waals surface area contributed by atoms with Gasteiger partial charge in [0.2, 0.25) is 0 Å². The molecule has 1 nitrogen and oxygen atoms in total. The van der Waals surface area contributed by atoms with Crippen molar-refractivity contribution in [1.29, 1.82) is 0 Å². The maximum atomic E-state index is 3.29. The Kier molecular flexibility index (Phi) is 5.12. The molecule has 1 saturated heterocycles. The van der Waals surface area contributed by atoms with Crippen molar-refractivity contribution in [2.75, 3.05) is 13.1 Å². The third-order valence-corrected chi connectivity index (χ3v) is 6.71. The molecule has 1 aliphatic heterocycles. The van der Waals surface area contributed by atoms with Gasteiger partial charge in [-0.15, -0.1) is 0 Å². The van der Waals surface area contributed by atoms with E-state index in [0.29, 0.717) is 15.0 Å². The predicted octanol–water partition coefficient (Wildman–Crippen LogP) is 1.63. The minimum atomic E-state index is 0.582. The summed E-state index contributed by atoms with van der Waals surface area (Å²) in [7, 11) is 0. The molecule has 0 N–H and O–H groups in total. The van der Waals surface area contributed by atoms with Gasteiger partial charge in [-0.1, -0.05) is 0 Å². The van der Waals surface area contributed by atoms with Gasteiger partial charge >= 0.3 is 112 Å². The molecule has 0 spiro atoms. The van der Waals surface area contributed by atoms with Crippen molar-refractivity contribution in [3.05, 3.63) is 35.9 Å². The van der Waals surface area contributed by atoms with Crippen LogP contribution in [0.4, 0.5) is 0 Å². The number of likely N-dealkylation sites (tertiary alicyclic amines) is 1. The van der Waals surface area contributed by atoms with Crippen molar-refractivity contribution in [2.24, 2.45) is 0 Å². The van der Waals surface area contributed by atoms with Crippen LogP contribution < -0.4 is 0 Å². The first-order valence-corrected chi connectivity index (χ1v) is 8.74. The number of hydrogen-bond donors (Lipinski definition) is 0. The average Bonchev–Trinajstić information content (AvgIpc) is 2.38. The van der Waals surface area contributed by atoms with Crippen LogP contribution in [0.5, 0.6) is 0 Å². The standard InChI is InChI=1S/C13H17NSe2/c15-13(14-9-5-2-6-10-14)16-11-12-7-3-1-4-8-12/h1,3-4,7-8H,2,5-6,9-11H2. The van der Waals surface area contributed by atoms with E-state index in [1.165, 1.54) is 46.7 Å². The Labute approximate surface area is 112 Å². The van der Waals surface area contributed by atoms with Crippen molar-refractivity contribution in [3.8, 4) is 0 Å². The van der Waals surface area contributed by atoms with Crippen molar-refractivity contribution >= 4 is 34.0 Å². The molecule has 0 radical (unpaired) electrons. The van der Waals surface area contributed by atoms with Gasteiger partial charge < -0.3 is 0 Å².